The number of fused-ring (bicyclic) bond motifs is 1. The summed E-state index contributed by atoms with van der Waals surface area (Å²) in [5.74, 6) is 0.249. The highest BCUT2D eigenvalue weighted by Crippen LogP contribution is 2.32. The van der Waals surface area contributed by atoms with Crippen LogP contribution in [0.1, 0.15) is 17.4 Å². The minimum atomic E-state index is -1.12. The van der Waals surface area contributed by atoms with E-state index in [4.69, 9.17) is 16.2 Å². The average molecular weight is 399 g/mol. The Bertz CT molecular complexity index is 978. The molecule has 1 saturated heterocycles. The number of hydrogen-bond donors (Lipinski definition) is 4. The number of aromatic nitrogens is 4. The van der Waals surface area contributed by atoms with Crippen LogP contribution in [-0.4, -0.2) is 66.5 Å². The standard InChI is InChI=1S/C19H25N7O3/c1-25(7-12-4-2-11(6-20)3-5-12)8-13-15(27)16(28)19(29-13)26-10-24-14-17(21)22-9-23-18(14)26/h2-5,9-10,13,15-16,19,27-28H,6-8,20H2,1H3,(H2,21,22,23)/t13-,15-,16-,19?/m1/s1. The molecule has 0 spiro atoms. The van der Waals surface area contributed by atoms with Crippen LogP contribution in [0.5, 0.6) is 0 Å². The number of ether oxygens (including phenoxy) is 1. The number of nitrogen functional groups attached to an aromatic ring is 1. The highest BCUT2D eigenvalue weighted by Gasteiger charge is 2.44. The minimum absolute atomic E-state index is 0.249. The number of nitrogens with two attached hydrogens (primary N) is 2. The monoisotopic (exact) mass is 399 g/mol. The van der Waals surface area contributed by atoms with Crippen molar-refractivity contribution < 1.29 is 14.9 Å². The van der Waals surface area contributed by atoms with Gasteiger partial charge in [0.25, 0.3) is 0 Å². The molecule has 0 radical (unpaired) electrons. The van der Waals surface area contributed by atoms with Gasteiger partial charge in [0.15, 0.2) is 17.7 Å². The summed E-state index contributed by atoms with van der Waals surface area (Å²) in [5, 5.41) is 21.1. The van der Waals surface area contributed by atoms with Crippen molar-refractivity contribution in [1.82, 2.24) is 24.4 Å². The van der Waals surface area contributed by atoms with Gasteiger partial charge in [-0.25, -0.2) is 15.0 Å². The number of aliphatic hydroxyl groups excluding tert-OH is 2. The van der Waals surface area contributed by atoms with Crippen LogP contribution in [0, 0.1) is 0 Å². The van der Waals surface area contributed by atoms with E-state index in [-0.39, 0.29) is 5.82 Å². The van der Waals surface area contributed by atoms with Gasteiger partial charge in [-0.1, -0.05) is 24.3 Å². The molecule has 0 aliphatic carbocycles. The van der Waals surface area contributed by atoms with Gasteiger partial charge in [0.2, 0.25) is 0 Å². The fourth-order valence-electron chi connectivity index (χ4n) is 3.63. The molecule has 4 atom stereocenters. The molecule has 1 fully saturated rings. The van der Waals surface area contributed by atoms with Crippen LogP contribution in [0.2, 0.25) is 0 Å². The average Bonchev–Trinajstić information content (AvgIpc) is 3.26. The maximum absolute atomic E-state index is 10.6. The number of likely N-dealkylation sites (N-methyl/N-ethyl adjacent to an activating group) is 1. The van der Waals surface area contributed by atoms with Crippen LogP contribution in [0.15, 0.2) is 36.9 Å². The first-order valence-electron chi connectivity index (χ1n) is 9.39. The fraction of sp³-hybridized carbons (Fsp3) is 0.421. The molecule has 10 heteroatoms. The highest BCUT2D eigenvalue weighted by molar-refractivity contribution is 5.81. The molecule has 10 nitrogen and oxygen atoms in total. The van der Waals surface area contributed by atoms with E-state index in [0.717, 1.165) is 11.1 Å². The van der Waals surface area contributed by atoms with Gasteiger partial charge in [0.1, 0.15) is 30.2 Å². The smallest absolute Gasteiger partial charge is 0.167 e. The van der Waals surface area contributed by atoms with Crippen LogP contribution >= 0.6 is 0 Å². The summed E-state index contributed by atoms with van der Waals surface area (Å²) in [6.45, 7) is 1.63. The van der Waals surface area contributed by atoms with Crippen molar-refractivity contribution in [2.24, 2.45) is 5.73 Å². The molecule has 4 rings (SSSR count). The number of nitrogens with zero attached hydrogens (tertiary/aromatic N) is 5. The molecule has 6 N–H and O–H groups in total. The first kappa shape index (κ1) is 19.7. The van der Waals surface area contributed by atoms with E-state index in [1.807, 2.05) is 36.2 Å². The van der Waals surface area contributed by atoms with E-state index >= 15 is 0 Å². The lowest BCUT2D eigenvalue weighted by molar-refractivity contribution is -0.0427. The predicted octanol–water partition coefficient (Wildman–Crippen LogP) is -0.382. The van der Waals surface area contributed by atoms with Gasteiger partial charge in [-0.05, 0) is 18.2 Å². The summed E-state index contributed by atoms with van der Waals surface area (Å²) in [5.41, 5.74) is 14.5. The lowest BCUT2D eigenvalue weighted by Gasteiger charge is -2.23. The second-order valence-electron chi connectivity index (χ2n) is 7.35. The summed E-state index contributed by atoms with van der Waals surface area (Å²) in [6.07, 6.45) is -0.730. The first-order valence-corrected chi connectivity index (χ1v) is 9.39. The Morgan fingerprint density at radius 3 is 2.55 bits per heavy atom. The van der Waals surface area contributed by atoms with Crippen molar-refractivity contribution in [1.29, 1.82) is 0 Å². The Morgan fingerprint density at radius 1 is 1.10 bits per heavy atom. The predicted molar refractivity (Wildman–Crippen MR) is 106 cm³/mol. The molecule has 154 valence electrons. The van der Waals surface area contributed by atoms with Crippen molar-refractivity contribution in [3.63, 3.8) is 0 Å². The van der Waals surface area contributed by atoms with Gasteiger partial charge < -0.3 is 26.4 Å². The minimum Gasteiger partial charge on any atom is -0.387 e. The zero-order valence-electron chi connectivity index (χ0n) is 16.1. The Labute approximate surface area is 167 Å². The third-order valence-corrected chi connectivity index (χ3v) is 5.20. The van der Waals surface area contributed by atoms with Gasteiger partial charge in [0, 0.05) is 19.6 Å². The topological polar surface area (TPSA) is 149 Å². The molecular formula is C19H25N7O3. The SMILES string of the molecule is CN(Cc1ccc(CN)cc1)C[C@H]1OC(n2cnc3c(N)ncnc32)[C@H](O)[C@@H]1O. The van der Waals surface area contributed by atoms with Crippen LogP contribution in [-0.2, 0) is 17.8 Å². The Kier molecular flexibility index (Phi) is 5.43. The van der Waals surface area contributed by atoms with Crippen LogP contribution in [0.25, 0.3) is 11.2 Å². The third-order valence-electron chi connectivity index (χ3n) is 5.20. The van der Waals surface area contributed by atoms with Crippen molar-refractivity contribution >= 4 is 17.0 Å². The van der Waals surface area contributed by atoms with E-state index in [2.05, 4.69) is 15.0 Å². The largest absolute Gasteiger partial charge is 0.387 e. The second kappa shape index (κ2) is 8.01. The number of benzene rings is 1. The molecule has 0 bridgehead atoms. The summed E-state index contributed by atoms with van der Waals surface area (Å²) in [7, 11) is 1.94. The number of aliphatic hydroxyl groups is 2. The molecular weight excluding hydrogens is 374 g/mol. The lowest BCUT2D eigenvalue weighted by Crippen LogP contribution is -2.38. The van der Waals surface area contributed by atoms with Crippen molar-refractivity contribution in [3.05, 3.63) is 48.0 Å². The second-order valence-corrected chi connectivity index (χ2v) is 7.35. The quantitative estimate of drug-likeness (QED) is 0.435. The summed E-state index contributed by atoms with van der Waals surface area (Å²) in [4.78, 5) is 14.3. The number of imidazole rings is 1. The maximum Gasteiger partial charge on any atom is 0.167 e. The molecule has 3 aromatic rings. The molecule has 1 aromatic carbocycles. The van der Waals surface area contributed by atoms with E-state index < -0.39 is 24.5 Å². The molecule has 0 amide bonds. The maximum atomic E-state index is 10.6. The third kappa shape index (κ3) is 3.80. The van der Waals surface area contributed by atoms with Gasteiger partial charge in [-0.3, -0.25) is 9.47 Å². The van der Waals surface area contributed by atoms with Crippen molar-refractivity contribution in [2.75, 3.05) is 19.3 Å². The molecule has 2 aromatic heterocycles. The molecule has 0 saturated carbocycles. The summed E-state index contributed by atoms with van der Waals surface area (Å²) >= 11 is 0. The zero-order valence-corrected chi connectivity index (χ0v) is 16.1. The fourth-order valence-corrected chi connectivity index (χ4v) is 3.63. The van der Waals surface area contributed by atoms with Gasteiger partial charge in [-0.15, -0.1) is 0 Å². The van der Waals surface area contributed by atoms with Gasteiger partial charge >= 0.3 is 0 Å². The number of rotatable bonds is 6. The molecule has 29 heavy (non-hydrogen) atoms. The van der Waals surface area contributed by atoms with E-state index in [1.54, 1.807) is 4.57 Å². The number of hydrogen-bond acceptors (Lipinski definition) is 9. The highest BCUT2D eigenvalue weighted by atomic mass is 16.6. The van der Waals surface area contributed by atoms with Crippen LogP contribution < -0.4 is 11.5 Å². The zero-order chi connectivity index (χ0) is 20.5. The molecule has 1 aliphatic heterocycles. The Hall–Kier alpha value is -2.63. The van der Waals surface area contributed by atoms with Gasteiger partial charge in [0.05, 0.1) is 6.33 Å². The Morgan fingerprint density at radius 2 is 1.83 bits per heavy atom. The van der Waals surface area contributed by atoms with E-state index in [0.29, 0.717) is 30.8 Å². The lowest BCUT2D eigenvalue weighted by atomic mass is 10.1. The molecule has 3 heterocycles. The van der Waals surface area contributed by atoms with Crippen molar-refractivity contribution in [3.8, 4) is 0 Å². The van der Waals surface area contributed by atoms with E-state index in [9.17, 15) is 10.2 Å². The first-order chi connectivity index (χ1) is 14.0. The molecule has 1 aliphatic rings. The van der Waals surface area contributed by atoms with Gasteiger partial charge in [-0.2, -0.15) is 0 Å². The van der Waals surface area contributed by atoms with Crippen LogP contribution in [0.4, 0.5) is 5.82 Å². The van der Waals surface area contributed by atoms with Crippen molar-refractivity contribution in [2.45, 2.75) is 37.6 Å². The van der Waals surface area contributed by atoms with E-state index in [1.165, 1.54) is 12.7 Å². The Balaban J connectivity index is 1.45. The normalized spacial score (nSPS) is 24.6. The van der Waals surface area contributed by atoms with Crippen LogP contribution in [0.3, 0.4) is 0 Å². The number of anilines is 1. The summed E-state index contributed by atoms with van der Waals surface area (Å²) < 4.78 is 7.56. The molecule has 1 unspecified atom stereocenters. The summed E-state index contributed by atoms with van der Waals surface area (Å²) in [6, 6.07) is 8.07.